The molecule has 8 heteroatoms. The second kappa shape index (κ2) is 7.24. The first-order valence-electron chi connectivity index (χ1n) is 8.30. The normalized spacial score (nSPS) is 15.8. The molecular formula is C20H13BrN4O3. The van der Waals surface area contributed by atoms with E-state index in [1.54, 1.807) is 41.3 Å². The van der Waals surface area contributed by atoms with Gasteiger partial charge in [0.05, 0.1) is 17.6 Å². The van der Waals surface area contributed by atoms with Crippen molar-refractivity contribution in [1.29, 1.82) is 0 Å². The molecule has 1 N–H and O–H groups in total. The summed E-state index contributed by atoms with van der Waals surface area (Å²) in [6.45, 7) is 0. The third-order valence-electron chi connectivity index (χ3n) is 4.12. The van der Waals surface area contributed by atoms with Crippen molar-refractivity contribution in [1.82, 2.24) is 15.1 Å². The largest absolute Gasteiger partial charge is 0.335 e. The zero-order valence-corrected chi connectivity index (χ0v) is 16.0. The van der Waals surface area contributed by atoms with Crippen molar-refractivity contribution in [2.24, 2.45) is 0 Å². The van der Waals surface area contributed by atoms with Gasteiger partial charge in [-0.25, -0.2) is 14.4 Å². The van der Waals surface area contributed by atoms with Gasteiger partial charge in [0.2, 0.25) is 0 Å². The first kappa shape index (κ1) is 17.9. The Kier molecular flexibility index (Phi) is 4.62. The van der Waals surface area contributed by atoms with Crippen LogP contribution in [0.25, 0.3) is 11.8 Å². The van der Waals surface area contributed by atoms with Gasteiger partial charge in [-0.1, -0.05) is 34.1 Å². The van der Waals surface area contributed by atoms with Crippen LogP contribution < -0.4 is 10.2 Å². The number of imide groups is 2. The van der Waals surface area contributed by atoms with Crippen molar-refractivity contribution in [3.05, 3.63) is 82.6 Å². The number of anilines is 1. The van der Waals surface area contributed by atoms with Crippen LogP contribution in [-0.2, 0) is 9.59 Å². The van der Waals surface area contributed by atoms with E-state index in [2.05, 4.69) is 26.3 Å². The van der Waals surface area contributed by atoms with Crippen LogP contribution in [0.5, 0.6) is 0 Å². The fourth-order valence-corrected chi connectivity index (χ4v) is 3.05. The number of urea groups is 1. The van der Waals surface area contributed by atoms with Gasteiger partial charge in [-0.05, 0) is 42.5 Å². The monoisotopic (exact) mass is 436 g/mol. The molecule has 1 fully saturated rings. The summed E-state index contributed by atoms with van der Waals surface area (Å²) in [4.78, 5) is 38.2. The summed E-state index contributed by atoms with van der Waals surface area (Å²) in [7, 11) is 0. The zero-order valence-electron chi connectivity index (χ0n) is 14.4. The molecule has 0 aliphatic carbocycles. The second-order valence-corrected chi connectivity index (χ2v) is 6.90. The van der Waals surface area contributed by atoms with Crippen LogP contribution in [0.3, 0.4) is 0 Å². The minimum Gasteiger partial charge on any atom is -0.273 e. The predicted molar refractivity (Wildman–Crippen MR) is 107 cm³/mol. The molecule has 0 spiro atoms. The molecule has 0 atom stereocenters. The van der Waals surface area contributed by atoms with E-state index in [1.165, 1.54) is 6.08 Å². The van der Waals surface area contributed by atoms with Gasteiger partial charge in [-0.3, -0.25) is 14.9 Å². The predicted octanol–water partition coefficient (Wildman–Crippen LogP) is 3.30. The molecule has 4 rings (SSSR count). The summed E-state index contributed by atoms with van der Waals surface area (Å²) >= 11 is 3.31. The van der Waals surface area contributed by atoms with E-state index >= 15 is 0 Å². The van der Waals surface area contributed by atoms with Gasteiger partial charge in [-0.15, -0.1) is 0 Å². The molecule has 1 aliphatic rings. The quantitative estimate of drug-likeness (QED) is 0.504. The van der Waals surface area contributed by atoms with Gasteiger partial charge in [0.1, 0.15) is 5.57 Å². The highest BCUT2D eigenvalue weighted by atomic mass is 79.9. The second-order valence-electron chi connectivity index (χ2n) is 5.99. The summed E-state index contributed by atoms with van der Waals surface area (Å²) in [6.07, 6.45) is 4.66. The van der Waals surface area contributed by atoms with E-state index in [4.69, 9.17) is 0 Å². The van der Waals surface area contributed by atoms with E-state index in [-0.39, 0.29) is 5.57 Å². The summed E-state index contributed by atoms with van der Waals surface area (Å²) in [5.74, 6) is -1.43. The lowest BCUT2D eigenvalue weighted by molar-refractivity contribution is -0.122. The summed E-state index contributed by atoms with van der Waals surface area (Å²) < 4.78 is 2.44. The highest BCUT2D eigenvalue weighted by Gasteiger charge is 2.36. The van der Waals surface area contributed by atoms with Crippen LogP contribution in [-0.4, -0.2) is 27.6 Å². The van der Waals surface area contributed by atoms with E-state index in [1.807, 2.05) is 30.3 Å². The number of carbonyl (C=O) groups is 3. The number of hydrogen-bond donors (Lipinski definition) is 1. The fourth-order valence-electron chi connectivity index (χ4n) is 2.78. The fraction of sp³-hybridized carbons (Fsp3) is 0. The van der Waals surface area contributed by atoms with Crippen LogP contribution in [0, 0.1) is 0 Å². The van der Waals surface area contributed by atoms with Crippen molar-refractivity contribution in [3.8, 4) is 5.69 Å². The standard InChI is InChI=1S/C20H13BrN4O3/c21-14-6-8-16(9-7-14)25-19(27)17(18(26)23-20(25)28)10-13-11-22-24(12-13)15-4-2-1-3-5-15/h1-12H,(H,23,26,28)/b17-10+. The number of hydrogen-bond acceptors (Lipinski definition) is 4. The molecule has 2 aromatic carbocycles. The van der Waals surface area contributed by atoms with Crippen LogP contribution in [0.2, 0.25) is 0 Å². The number of carbonyl (C=O) groups excluding carboxylic acids is 3. The Balaban J connectivity index is 1.67. The molecule has 28 heavy (non-hydrogen) atoms. The molecule has 3 aromatic rings. The zero-order chi connectivity index (χ0) is 19.7. The highest BCUT2D eigenvalue weighted by Crippen LogP contribution is 2.23. The molecule has 0 radical (unpaired) electrons. The van der Waals surface area contributed by atoms with E-state index in [0.717, 1.165) is 15.1 Å². The Hall–Kier alpha value is -3.52. The molecule has 0 saturated carbocycles. The molecule has 4 amide bonds. The first-order chi connectivity index (χ1) is 13.5. The van der Waals surface area contributed by atoms with Gasteiger partial charge < -0.3 is 0 Å². The minimum absolute atomic E-state index is 0.143. The van der Waals surface area contributed by atoms with E-state index in [9.17, 15) is 14.4 Å². The van der Waals surface area contributed by atoms with Gasteiger partial charge in [0.25, 0.3) is 11.8 Å². The number of amides is 4. The minimum atomic E-state index is -0.783. The van der Waals surface area contributed by atoms with Crippen molar-refractivity contribution < 1.29 is 14.4 Å². The lowest BCUT2D eigenvalue weighted by Crippen LogP contribution is -2.54. The summed E-state index contributed by atoms with van der Waals surface area (Å²) in [5.41, 5.74) is 1.63. The van der Waals surface area contributed by atoms with Crippen molar-refractivity contribution in [2.75, 3.05) is 4.90 Å². The van der Waals surface area contributed by atoms with Crippen molar-refractivity contribution >= 4 is 45.5 Å². The maximum atomic E-state index is 12.8. The molecular weight excluding hydrogens is 424 g/mol. The lowest BCUT2D eigenvalue weighted by atomic mass is 10.1. The van der Waals surface area contributed by atoms with Gasteiger partial charge in [-0.2, -0.15) is 5.10 Å². The number of halogens is 1. The molecule has 138 valence electrons. The Morgan fingerprint density at radius 3 is 2.36 bits per heavy atom. The van der Waals surface area contributed by atoms with Gasteiger partial charge in [0, 0.05) is 16.2 Å². The van der Waals surface area contributed by atoms with Gasteiger partial charge in [0.15, 0.2) is 0 Å². The molecule has 2 heterocycles. The molecule has 0 bridgehead atoms. The maximum Gasteiger partial charge on any atom is 0.335 e. The average Bonchev–Trinajstić information content (AvgIpc) is 3.16. The van der Waals surface area contributed by atoms with Crippen LogP contribution in [0.1, 0.15) is 5.56 Å². The Morgan fingerprint density at radius 2 is 1.64 bits per heavy atom. The Labute approximate surface area is 168 Å². The number of aromatic nitrogens is 2. The smallest absolute Gasteiger partial charge is 0.273 e. The molecule has 1 aromatic heterocycles. The molecule has 1 aliphatic heterocycles. The summed E-state index contributed by atoms with van der Waals surface area (Å²) in [5, 5.41) is 6.45. The number of rotatable bonds is 3. The molecule has 1 saturated heterocycles. The first-order valence-corrected chi connectivity index (χ1v) is 9.09. The number of benzene rings is 2. The third kappa shape index (κ3) is 3.37. The summed E-state index contributed by atoms with van der Waals surface area (Å²) in [6, 6.07) is 15.3. The third-order valence-corrected chi connectivity index (χ3v) is 4.65. The topological polar surface area (TPSA) is 84.3 Å². The van der Waals surface area contributed by atoms with E-state index < -0.39 is 17.8 Å². The van der Waals surface area contributed by atoms with Crippen LogP contribution >= 0.6 is 15.9 Å². The number of nitrogens with one attached hydrogen (secondary N) is 1. The van der Waals surface area contributed by atoms with Crippen molar-refractivity contribution in [2.45, 2.75) is 0 Å². The molecule has 0 unspecified atom stereocenters. The average molecular weight is 437 g/mol. The SMILES string of the molecule is O=C1NC(=O)N(c2ccc(Br)cc2)C(=O)/C1=C/c1cnn(-c2ccccc2)c1. The van der Waals surface area contributed by atoms with Crippen molar-refractivity contribution in [3.63, 3.8) is 0 Å². The lowest BCUT2D eigenvalue weighted by Gasteiger charge is -2.26. The number of barbiturate groups is 1. The number of para-hydroxylation sites is 1. The van der Waals surface area contributed by atoms with Gasteiger partial charge >= 0.3 is 6.03 Å². The maximum absolute atomic E-state index is 12.8. The highest BCUT2D eigenvalue weighted by molar-refractivity contribution is 9.10. The van der Waals surface area contributed by atoms with Crippen LogP contribution in [0.4, 0.5) is 10.5 Å². The van der Waals surface area contributed by atoms with E-state index in [0.29, 0.717) is 11.3 Å². The van der Waals surface area contributed by atoms with Crippen LogP contribution in [0.15, 0.2) is 77.0 Å². The molecule has 7 nitrogen and oxygen atoms in total. The Bertz CT molecular complexity index is 1100. The number of nitrogens with zero attached hydrogens (tertiary/aromatic N) is 3. The Morgan fingerprint density at radius 1 is 0.929 bits per heavy atom.